The van der Waals surface area contributed by atoms with Crippen molar-refractivity contribution in [1.29, 1.82) is 0 Å². The van der Waals surface area contributed by atoms with Crippen LogP contribution in [0.3, 0.4) is 0 Å². The highest BCUT2D eigenvalue weighted by atomic mass is 16.6. The van der Waals surface area contributed by atoms with Crippen LogP contribution in [-0.4, -0.2) is 17.8 Å². The molecule has 0 saturated heterocycles. The number of rotatable bonds is 2. The predicted molar refractivity (Wildman–Crippen MR) is 56.9 cm³/mol. The van der Waals surface area contributed by atoms with Gasteiger partial charge in [-0.15, -0.1) is 0 Å². The largest absolute Gasteiger partial charge is 0.496 e. The molecule has 1 aliphatic carbocycles. The first-order valence-corrected chi connectivity index (χ1v) is 5.02. The molecule has 16 heavy (non-hydrogen) atoms. The van der Waals surface area contributed by atoms with E-state index in [-0.39, 0.29) is 11.5 Å². The normalized spacial score (nSPS) is 14.4. The fourth-order valence-corrected chi connectivity index (χ4v) is 2.07. The molecule has 84 valence electrons. The molecule has 0 fully saturated rings. The molecule has 2 rings (SSSR count). The predicted octanol–water partition coefficient (Wildman–Crippen LogP) is 2.12. The molecular weight excluding hydrogens is 210 g/mol. The Kier molecular flexibility index (Phi) is 2.60. The molecule has 1 aromatic rings. The number of methoxy groups -OCH3 is 1. The van der Waals surface area contributed by atoms with E-state index in [9.17, 15) is 14.9 Å². The van der Waals surface area contributed by atoms with Crippen molar-refractivity contribution in [3.05, 3.63) is 33.4 Å². The van der Waals surface area contributed by atoms with E-state index in [4.69, 9.17) is 4.74 Å². The summed E-state index contributed by atoms with van der Waals surface area (Å²) in [5.41, 5.74) is 0.924. The van der Waals surface area contributed by atoms with E-state index in [1.807, 2.05) is 0 Å². The Labute approximate surface area is 92.2 Å². The van der Waals surface area contributed by atoms with E-state index in [1.54, 1.807) is 0 Å². The molecule has 0 aliphatic heterocycles. The molecule has 0 spiro atoms. The van der Waals surface area contributed by atoms with Crippen LogP contribution < -0.4 is 4.74 Å². The smallest absolute Gasteiger partial charge is 0.273 e. The third-order valence-electron chi connectivity index (χ3n) is 2.78. The van der Waals surface area contributed by atoms with Crippen molar-refractivity contribution >= 4 is 11.5 Å². The quantitative estimate of drug-likeness (QED) is 0.566. The van der Waals surface area contributed by atoms with Gasteiger partial charge in [0.1, 0.15) is 5.75 Å². The molecule has 0 N–H and O–H groups in total. The van der Waals surface area contributed by atoms with Gasteiger partial charge in [-0.3, -0.25) is 14.9 Å². The second-order valence-corrected chi connectivity index (χ2v) is 3.67. The van der Waals surface area contributed by atoms with Crippen molar-refractivity contribution in [2.45, 2.75) is 19.3 Å². The van der Waals surface area contributed by atoms with Gasteiger partial charge in [0.2, 0.25) is 0 Å². The summed E-state index contributed by atoms with van der Waals surface area (Å²) in [6.07, 6.45) is 1.67. The first kappa shape index (κ1) is 10.6. The van der Waals surface area contributed by atoms with Gasteiger partial charge in [-0.05, 0) is 18.9 Å². The lowest BCUT2D eigenvalue weighted by molar-refractivity contribution is -0.385. The Bertz CT molecular complexity index is 467. The lowest BCUT2D eigenvalue weighted by Gasteiger charge is -2.17. The van der Waals surface area contributed by atoms with Gasteiger partial charge in [0.25, 0.3) is 5.69 Å². The van der Waals surface area contributed by atoms with Crippen LogP contribution >= 0.6 is 0 Å². The van der Waals surface area contributed by atoms with Crippen molar-refractivity contribution < 1.29 is 14.5 Å². The summed E-state index contributed by atoms with van der Waals surface area (Å²) >= 11 is 0. The van der Waals surface area contributed by atoms with Crippen LogP contribution in [0.5, 0.6) is 5.75 Å². The van der Waals surface area contributed by atoms with Crippen LogP contribution in [0, 0.1) is 10.1 Å². The van der Waals surface area contributed by atoms with E-state index in [0.717, 1.165) is 0 Å². The molecule has 0 bridgehead atoms. The molecule has 5 heteroatoms. The molecular formula is C11H11NO4. The maximum absolute atomic E-state index is 11.7. The molecule has 1 aromatic carbocycles. The lowest BCUT2D eigenvalue weighted by atomic mass is 9.89. The summed E-state index contributed by atoms with van der Waals surface area (Å²) in [5, 5.41) is 10.8. The van der Waals surface area contributed by atoms with E-state index in [1.165, 1.54) is 19.2 Å². The summed E-state index contributed by atoms with van der Waals surface area (Å²) in [7, 11) is 1.46. The Morgan fingerprint density at radius 3 is 2.75 bits per heavy atom. The second-order valence-electron chi connectivity index (χ2n) is 3.67. The van der Waals surface area contributed by atoms with Gasteiger partial charge in [0.05, 0.1) is 17.6 Å². The Hall–Kier alpha value is -1.91. The van der Waals surface area contributed by atoms with E-state index < -0.39 is 4.92 Å². The highest BCUT2D eigenvalue weighted by molar-refractivity contribution is 6.02. The molecule has 0 atom stereocenters. The molecule has 0 unspecified atom stereocenters. The Balaban J connectivity index is 2.68. The first-order chi connectivity index (χ1) is 7.65. The van der Waals surface area contributed by atoms with Crippen LogP contribution in [0.1, 0.15) is 28.8 Å². The molecule has 5 nitrogen and oxygen atoms in total. The highest BCUT2D eigenvalue weighted by Gasteiger charge is 2.28. The number of benzene rings is 1. The van der Waals surface area contributed by atoms with Gasteiger partial charge in [-0.1, -0.05) is 0 Å². The molecule has 0 heterocycles. The number of nitrogens with zero attached hydrogens (tertiary/aromatic N) is 1. The zero-order valence-electron chi connectivity index (χ0n) is 8.86. The summed E-state index contributed by atoms with van der Waals surface area (Å²) in [6.45, 7) is 0. The highest BCUT2D eigenvalue weighted by Crippen LogP contribution is 2.35. The molecule has 1 aliphatic rings. The minimum atomic E-state index is -0.448. The van der Waals surface area contributed by atoms with E-state index in [0.29, 0.717) is 36.1 Å². The third kappa shape index (κ3) is 1.54. The van der Waals surface area contributed by atoms with Crippen LogP contribution in [0.15, 0.2) is 12.1 Å². The molecule has 0 amide bonds. The van der Waals surface area contributed by atoms with E-state index >= 15 is 0 Å². The van der Waals surface area contributed by atoms with Gasteiger partial charge in [0, 0.05) is 18.1 Å². The van der Waals surface area contributed by atoms with Crippen LogP contribution in [0.4, 0.5) is 5.69 Å². The molecule has 0 aromatic heterocycles. The first-order valence-electron chi connectivity index (χ1n) is 5.02. The van der Waals surface area contributed by atoms with Gasteiger partial charge in [-0.2, -0.15) is 0 Å². The second kappa shape index (κ2) is 3.92. The van der Waals surface area contributed by atoms with Crippen LogP contribution in [0.25, 0.3) is 0 Å². The summed E-state index contributed by atoms with van der Waals surface area (Å²) in [5.74, 6) is 0.368. The molecule has 0 radical (unpaired) electrons. The minimum Gasteiger partial charge on any atom is -0.496 e. The lowest BCUT2D eigenvalue weighted by Crippen LogP contribution is -2.14. The number of Topliss-reactive ketones (excluding diaryl/α,β-unsaturated/α-hetero) is 1. The SMILES string of the molecule is COc1ccc([N+](=O)[O-])c2c1C(=O)CCC2. The fraction of sp³-hybridized carbons (Fsp3) is 0.364. The third-order valence-corrected chi connectivity index (χ3v) is 2.78. The number of nitro benzene ring substituents is 1. The average Bonchev–Trinajstić information content (AvgIpc) is 2.27. The standard InChI is InChI=1S/C11H11NO4/c1-16-10-6-5-8(12(14)15)7-3-2-4-9(13)11(7)10/h5-6H,2-4H2,1H3. The number of ketones is 1. The average molecular weight is 221 g/mol. The summed E-state index contributed by atoms with van der Waals surface area (Å²) in [6, 6.07) is 2.89. The number of nitro groups is 1. The number of carbonyl (C=O) groups is 1. The summed E-state index contributed by atoms with van der Waals surface area (Å²) < 4.78 is 5.07. The van der Waals surface area contributed by atoms with Crippen molar-refractivity contribution in [1.82, 2.24) is 0 Å². The van der Waals surface area contributed by atoms with Crippen molar-refractivity contribution in [2.75, 3.05) is 7.11 Å². The van der Waals surface area contributed by atoms with Crippen LogP contribution in [-0.2, 0) is 6.42 Å². The molecule has 0 saturated carbocycles. The van der Waals surface area contributed by atoms with Crippen molar-refractivity contribution in [3.63, 3.8) is 0 Å². The Morgan fingerprint density at radius 1 is 1.38 bits per heavy atom. The summed E-state index contributed by atoms with van der Waals surface area (Å²) in [4.78, 5) is 22.1. The zero-order valence-corrected chi connectivity index (χ0v) is 8.86. The van der Waals surface area contributed by atoms with E-state index in [2.05, 4.69) is 0 Å². The maximum atomic E-state index is 11.7. The Morgan fingerprint density at radius 2 is 2.12 bits per heavy atom. The van der Waals surface area contributed by atoms with Gasteiger partial charge >= 0.3 is 0 Å². The number of fused-ring (bicyclic) bond motifs is 1. The number of ether oxygens (including phenoxy) is 1. The van der Waals surface area contributed by atoms with Gasteiger partial charge in [-0.25, -0.2) is 0 Å². The maximum Gasteiger partial charge on any atom is 0.273 e. The van der Waals surface area contributed by atoms with Gasteiger partial charge in [0.15, 0.2) is 5.78 Å². The van der Waals surface area contributed by atoms with Crippen molar-refractivity contribution in [2.24, 2.45) is 0 Å². The zero-order chi connectivity index (χ0) is 11.7. The minimum absolute atomic E-state index is 0.0175. The number of hydrogen-bond acceptors (Lipinski definition) is 4. The van der Waals surface area contributed by atoms with Gasteiger partial charge < -0.3 is 4.74 Å². The number of carbonyl (C=O) groups excluding carboxylic acids is 1. The monoisotopic (exact) mass is 221 g/mol. The van der Waals surface area contributed by atoms with Crippen molar-refractivity contribution in [3.8, 4) is 5.75 Å². The fourth-order valence-electron chi connectivity index (χ4n) is 2.07. The van der Waals surface area contributed by atoms with Crippen LogP contribution in [0.2, 0.25) is 0 Å². The number of hydrogen-bond donors (Lipinski definition) is 0. The topological polar surface area (TPSA) is 69.4 Å².